The molecule has 0 heterocycles. The van der Waals surface area contributed by atoms with Gasteiger partial charge in [-0.1, -0.05) is 0 Å². The number of nitrogens with one attached hydrogen (secondary N) is 1. The van der Waals surface area contributed by atoms with Crippen molar-refractivity contribution in [3.8, 4) is 17.2 Å². The second-order valence-electron chi connectivity index (χ2n) is 5.74. The smallest absolute Gasteiger partial charge is 0.342 e. The Morgan fingerprint density at radius 3 is 2.28 bits per heavy atom. The van der Waals surface area contributed by atoms with Crippen molar-refractivity contribution in [3.63, 3.8) is 0 Å². The van der Waals surface area contributed by atoms with Crippen LogP contribution in [0.15, 0.2) is 36.4 Å². The molecule has 0 spiro atoms. The van der Waals surface area contributed by atoms with Gasteiger partial charge in [0.25, 0.3) is 11.6 Å². The Labute approximate surface area is 166 Å². The van der Waals surface area contributed by atoms with Gasteiger partial charge in [-0.25, -0.2) is 4.79 Å². The van der Waals surface area contributed by atoms with Crippen molar-refractivity contribution in [1.82, 2.24) is 0 Å². The van der Waals surface area contributed by atoms with E-state index < -0.39 is 22.9 Å². The molecule has 0 aromatic heterocycles. The molecule has 1 atom stereocenters. The fourth-order valence-corrected chi connectivity index (χ4v) is 2.38. The second-order valence-corrected chi connectivity index (χ2v) is 5.74. The molecule has 0 fully saturated rings. The van der Waals surface area contributed by atoms with Gasteiger partial charge < -0.3 is 24.3 Å². The highest BCUT2D eigenvalue weighted by molar-refractivity contribution is 5.99. The molecule has 1 N–H and O–H groups in total. The lowest BCUT2D eigenvalue weighted by molar-refractivity contribution is -0.384. The molecule has 10 nitrogen and oxygen atoms in total. The Morgan fingerprint density at radius 2 is 1.69 bits per heavy atom. The van der Waals surface area contributed by atoms with E-state index in [-0.39, 0.29) is 28.4 Å². The van der Waals surface area contributed by atoms with Crippen molar-refractivity contribution in [3.05, 3.63) is 52.1 Å². The van der Waals surface area contributed by atoms with Crippen LogP contribution in [0.25, 0.3) is 0 Å². The first-order valence-electron chi connectivity index (χ1n) is 8.37. The van der Waals surface area contributed by atoms with E-state index in [1.807, 2.05) is 0 Å². The SMILES string of the molecule is COc1ccc(OC)c(C(=O)O[C@@H](C)C(=O)Nc2ccc([N+](=O)[O-])cc2OC)c1. The van der Waals surface area contributed by atoms with Gasteiger partial charge in [-0.3, -0.25) is 14.9 Å². The molecule has 0 aliphatic heterocycles. The molecule has 0 bridgehead atoms. The number of carbonyl (C=O) groups excluding carboxylic acids is 2. The van der Waals surface area contributed by atoms with Gasteiger partial charge in [0, 0.05) is 6.07 Å². The van der Waals surface area contributed by atoms with E-state index in [0.717, 1.165) is 0 Å². The first-order chi connectivity index (χ1) is 13.8. The molecule has 0 aliphatic rings. The van der Waals surface area contributed by atoms with Gasteiger partial charge in [-0.05, 0) is 31.2 Å². The Hall–Kier alpha value is -3.82. The predicted octanol–water partition coefficient (Wildman–Crippen LogP) is 2.80. The molecule has 0 unspecified atom stereocenters. The zero-order valence-electron chi connectivity index (χ0n) is 16.3. The first kappa shape index (κ1) is 21.5. The van der Waals surface area contributed by atoms with Crippen LogP contribution in [0.4, 0.5) is 11.4 Å². The van der Waals surface area contributed by atoms with Crippen LogP contribution in [0.3, 0.4) is 0 Å². The van der Waals surface area contributed by atoms with E-state index in [1.165, 1.54) is 52.5 Å². The second kappa shape index (κ2) is 9.40. The molecule has 2 aromatic rings. The predicted molar refractivity (Wildman–Crippen MR) is 103 cm³/mol. The number of amides is 1. The number of methoxy groups -OCH3 is 3. The van der Waals surface area contributed by atoms with Crippen LogP contribution in [0.2, 0.25) is 0 Å². The normalized spacial score (nSPS) is 11.2. The number of nitrogens with zero attached hydrogens (tertiary/aromatic N) is 1. The summed E-state index contributed by atoms with van der Waals surface area (Å²) in [6.45, 7) is 1.39. The minimum atomic E-state index is -1.17. The summed E-state index contributed by atoms with van der Waals surface area (Å²) >= 11 is 0. The maximum absolute atomic E-state index is 12.5. The molecule has 1 amide bonds. The molecule has 10 heteroatoms. The van der Waals surface area contributed by atoms with E-state index in [0.29, 0.717) is 5.75 Å². The first-order valence-corrected chi connectivity index (χ1v) is 8.37. The number of benzene rings is 2. The summed E-state index contributed by atoms with van der Waals surface area (Å²) in [7, 11) is 4.16. The largest absolute Gasteiger partial charge is 0.497 e. The number of esters is 1. The number of nitro groups is 1. The number of ether oxygens (including phenoxy) is 4. The summed E-state index contributed by atoms with van der Waals surface area (Å²) in [4.78, 5) is 35.1. The van der Waals surface area contributed by atoms with Crippen LogP contribution < -0.4 is 19.5 Å². The van der Waals surface area contributed by atoms with E-state index in [1.54, 1.807) is 12.1 Å². The Balaban J connectivity index is 2.13. The zero-order valence-corrected chi connectivity index (χ0v) is 16.3. The lowest BCUT2D eigenvalue weighted by atomic mass is 10.2. The monoisotopic (exact) mass is 404 g/mol. The molecule has 2 aromatic carbocycles. The van der Waals surface area contributed by atoms with Gasteiger partial charge in [0.05, 0.1) is 38.0 Å². The van der Waals surface area contributed by atoms with Crippen LogP contribution in [0.5, 0.6) is 17.2 Å². The van der Waals surface area contributed by atoms with Crippen molar-refractivity contribution in [2.24, 2.45) is 0 Å². The van der Waals surface area contributed by atoms with Gasteiger partial charge in [-0.15, -0.1) is 0 Å². The van der Waals surface area contributed by atoms with Gasteiger partial charge in [-0.2, -0.15) is 0 Å². The third kappa shape index (κ3) is 5.12. The van der Waals surface area contributed by atoms with Gasteiger partial charge in [0.15, 0.2) is 6.10 Å². The lowest BCUT2D eigenvalue weighted by Gasteiger charge is -2.16. The number of hydrogen-bond acceptors (Lipinski definition) is 8. The molecule has 29 heavy (non-hydrogen) atoms. The molecule has 0 radical (unpaired) electrons. The summed E-state index contributed by atoms with van der Waals surface area (Å²) < 4.78 is 20.5. The van der Waals surface area contributed by atoms with E-state index >= 15 is 0 Å². The average Bonchev–Trinajstić information content (AvgIpc) is 2.72. The molecule has 0 aliphatic carbocycles. The summed E-state index contributed by atoms with van der Waals surface area (Å²) in [6.07, 6.45) is -1.17. The quantitative estimate of drug-likeness (QED) is 0.404. The van der Waals surface area contributed by atoms with E-state index in [9.17, 15) is 19.7 Å². The fraction of sp³-hybridized carbons (Fsp3) is 0.263. The molecular weight excluding hydrogens is 384 g/mol. The topological polar surface area (TPSA) is 126 Å². The number of non-ortho nitro benzene ring substituents is 1. The molecular formula is C19H20N2O8. The fourth-order valence-electron chi connectivity index (χ4n) is 2.38. The highest BCUT2D eigenvalue weighted by Gasteiger charge is 2.23. The zero-order chi connectivity index (χ0) is 21.6. The van der Waals surface area contributed by atoms with Crippen LogP contribution >= 0.6 is 0 Å². The molecule has 154 valence electrons. The Bertz CT molecular complexity index is 928. The maximum Gasteiger partial charge on any atom is 0.342 e. The Kier molecular flexibility index (Phi) is 6.96. The third-order valence-corrected chi connectivity index (χ3v) is 3.93. The van der Waals surface area contributed by atoms with Crippen molar-refractivity contribution >= 4 is 23.3 Å². The highest BCUT2D eigenvalue weighted by atomic mass is 16.6. The Morgan fingerprint density at radius 1 is 1.00 bits per heavy atom. The average molecular weight is 404 g/mol. The minimum absolute atomic E-state index is 0.0967. The number of nitro benzene ring substituents is 1. The summed E-state index contributed by atoms with van der Waals surface area (Å²) in [5.74, 6) is -0.641. The number of hydrogen-bond donors (Lipinski definition) is 1. The van der Waals surface area contributed by atoms with Gasteiger partial charge in [0.1, 0.15) is 22.8 Å². The number of anilines is 1. The molecule has 0 saturated heterocycles. The molecule has 2 rings (SSSR count). The van der Waals surface area contributed by atoms with Crippen molar-refractivity contribution in [2.45, 2.75) is 13.0 Å². The van der Waals surface area contributed by atoms with Crippen LogP contribution in [-0.4, -0.2) is 44.2 Å². The lowest BCUT2D eigenvalue weighted by Crippen LogP contribution is -2.30. The number of rotatable bonds is 8. The third-order valence-electron chi connectivity index (χ3n) is 3.93. The maximum atomic E-state index is 12.5. The van der Waals surface area contributed by atoms with Crippen LogP contribution in [0, 0.1) is 10.1 Å². The van der Waals surface area contributed by atoms with Crippen LogP contribution in [-0.2, 0) is 9.53 Å². The highest BCUT2D eigenvalue weighted by Crippen LogP contribution is 2.29. The standard InChI is InChI=1S/C19H20N2O8/c1-11(29-19(23)14-10-13(26-2)6-8-16(14)27-3)18(22)20-15-7-5-12(21(24)25)9-17(15)28-4/h5-11H,1-4H3,(H,20,22)/t11-/m0/s1. The van der Waals surface area contributed by atoms with Gasteiger partial charge in [0.2, 0.25) is 0 Å². The van der Waals surface area contributed by atoms with E-state index in [4.69, 9.17) is 18.9 Å². The van der Waals surface area contributed by atoms with E-state index in [2.05, 4.69) is 5.32 Å². The molecule has 0 saturated carbocycles. The summed E-state index contributed by atoms with van der Waals surface area (Å²) in [5, 5.41) is 13.4. The minimum Gasteiger partial charge on any atom is -0.497 e. The van der Waals surface area contributed by atoms with Crippen LogP contribution in [0.1, 0.15) is 17.3 Å². The number of carbonyl (C=O) groups is 2. The van der Waals surface area contributed by atoms with Crippen molar-refractivity contribution in [2.75, 3.05) is 26.6 Å². The van der Waals surface area contributed by atoms with Crippen molar-refractivity contribution < 1.29 is 33.5 Å². The van der Waals surface area contributed by atoms with Crippen molar-refractivity contribution in [1.29, 1.82) is 0 Å². The summed E-state index contributed by atoms with van der Waals surface area (Å²) in [5.41, 5.74) is 0.105. The summed E-state index contributed by atoms with van der Waals surface area (Å²) in [6, 6.07) is 8.32. The van der Waals surface area contributed by atoms with Gasteiger partial charge >= 0.3 is 5.97 Å².